The van der Waals surface area contributed by atoms with Crippen LogP contribution >= 0.6 is 0 Å². The van der Waals surface area contributed by atoms with Crippen molar-refractivity contribution in [3.63, 3.8) is 0 Å². The minimum Gasteiger partial charge on any atom is -0.481 e. The largest absolute Gasteiger partial charge is 0.481 e. The van der Waals surface area contributed by atoms with Crippen LogP contribution in [0, 0.1) is 0 Å². The van der Waals surface area contributed by atoms with Crippen molar-refractivity contribution in [3.05, 3.63) is 0 Å². The Hall–Kier alpha value is -0.610. The van der Waals surface area contributed by atoms with Gasteiger partial charge in [0.15, 0.2) is 0 Å². The van der Waals surface area contributed by atoms with Gasteiger partial charge in [-0.25, -0.2) is 0 Å². The molecule has 0 aromatic rings. The average molecular weight is 186 g/mol. The normalized spacial score (nSPS) is 24.1. The molecule has 0 saturated carbocycles. The highest BCUT2D eigenvalue weighted by molar-refractivity contribution is 5.66. The molecule has 0 spiro atoms. The molecule has 1 aliphatic rings. The van der Waals surface area contributed by atoms with Crippen molar-refractivity contribution in [3.8, 4) is 0 Å². The molecule has 76 valence electrons. The molecule has 0 bridgehead atoms. The highest BCUT2D eigenvalue weighted by atomic mass is 16.4. The number of carboxylic acids is 1. The molecule has 13 heavy (non-hydrogen) atoms. The number of carbonyl (C=O) groups is 1. The lowest BCUT2D eigenvalue weighted by atomic mass is 10.2. The van der Waals surface area contributed by atoms with E-state index in [1.807, 2.05) is 7.05 Å². The molecule has 0 aromatic carbocycles. The molecule has 1 saturated heterocycles. The van der Waals surface area contributed by atoms with Gasteiger partial charge in [0.25, 0.3) is 0 Å². The van der Waals surface area contributed by atoms with E-state index in [2.05, 4.69) is 16.8 Å². The summed E-state index contributed by atoms with van der Waals surface area (Å²) in [4.78, 5) is 14.8. The van der Waals surface area contributed by atoms with E-state index < -0.39 is 5.97 Å². The molecule has 1 N–H and O–H groups in total. The molecule has 0 amide bonds. The van der Waals surface area contributed by atoms with Crippen LogP contribution < -0.4 is 0 Å². The Morgan fingerprint density at radius 1 is 1.69 bits per heavy atom. The van der Waals surface area contributed by atoms with Crippen LogP contribution in [0.25, 0.3) is 0 Å². The number of likely N-dealkylation sites (N-methyl/N-ethyl adjacent to an activating group) is 2. The molecular formula is C9H18N2O2. The van der Waals surface area contributed by atoms with Gasteiger partial charge in [-0.1, -0.05) is 0 Å². The highest BCUT2D eigenvalue weighted by Crippen LogP contribution is 2.12. The van der Waals surface area contributed by atoms with Crippen molar-refractivity contribution in [1.82, 2.24) is 9.80 Å². The Morgan fingerprint density at radius 2 is 2.38 bits per heavy atom. The van der Waals surface area contributed by atoms with E-state index in [1.165, 1.54) is 0 Å². The number of carboxylic acid groups (broad SMARTS) is 1. The minimum atomic E-state index is -0.710. The molecule has 1 rings (SSSR count). The molecule has 4 heteroatoms. The summed E-state index contributed by atoms with van der Waals surface area (Å²) in [5.41, 5.74) is 0. The Labute approximate surface area is 79.1 Å². The third-order valence-corrected chi connectivity index (χ3v) is 2.67. The van der Waals surface area contributed by atoms with Crippen molar-refractivity contribution in [2.24, 2.45) is 0 Å². The molecular weight excluding hydrogens is 168 g/mol. The van der Waals surface area contributed by atoms with Gasteiger partial charge in [-0.2, -0.15) is 0 Å². The summed E-state index contributed by atoms with van der Waals surface area (Å²) in [5, 5.41) is 8.52. The maximum atomic E-state index is 10.3. The van der Waals surface area contributed by atoms with Crippen molar-refractivity contribution in [1.29, 1.82) is 0 Å². The van der Waals surface area contributed by atoms with Gasteiger partial charge in [0.1, 0.15) is 0 Å². The van der Waals surface area contributed by atoms with Gasteiger partial charge in [0.05, 0.1) is 6.42 Å². The first-order chi connectivity index (χ1) is 6.09. The van der Waals surface area contributed by atoms with Gasteiger partial charge in [-0.3, -0.25) is 4.79 Å². The van der Waals surface area contributed by atoms with E-state index >= 15 is 0 Å². The molecule has 0 radical (unpaired) electrons. The van der Waals surface area contributed by atoms with E-state index in [-0.39, 0.29) is 6.42 Å². The topological polar surface area (TPSA) is 43.8 Å². The lowest BCUT2D eigenvalue weighted by Gasteiger charge is -2.23. The Kier molecular flexibility index (Phi) is 3.69. The van der Waals surface area contributed by atoms with Gasteiger partial charge >= 0.3 is 5.97 Å². The Balaban J connectivity index is 2.23. The van der Waals surface area contributed by atoms with Crippen LogP contribution in [0.3, 0.4) is 0 Å². The summed E-state index contributed by atoms with van der Waals surface area (Å²) in [6.45, 7) is 2.85. The second-order valence-corrected chi connectivity index (χ2v) is 3.83. The Bertz CT molecular complexity index is 184. The lowest BCUT2D eigenvalue weighted by Crippen LogP contribution is -2.35. The zero-order valence-corrected chi connectivity index (χ0v) is 8.36. The van der Waals surface area contributed by atoms with Crippen molar-refractivity contribution >= 4 is 5.97 Å². The highest BCUT2D eigenvalue weighted by Gasteiger charge is 2.22. The van der Waals surface area contributed by atoms with Gasteiger partial charge in [0, 0.05) is 19.1 Å². The Morgan fingerprint density at radius 3 is 2.85 bits per heavy atom. The van der Waals surface area contributed by atoms with E-state index in [0.29, 0.717) is 12.6 Å². The average Bonchev–Trinajstić information content (AvgIpc) is 2.47. The minimum absolute atomic E-state index is 0.247. The summed E-state index contributed by atoms with van der Waals surface area (Å²) in [5.74, 6) is -0.710. The summed E-state index contributed by atoms with van der Waals surface area (Å²) in [6, 6.07) is 0.546. The SMILES string of the molecule is CN1CC[C@H](N(C)CCC(=O)O)C1. The predicted octanol–water partition coefficient (Wildman–Crippen LogP) is 0.0970. The quantitative estimate of drug-likeness (QED) is 0.676. The summed E-state index contributed by atoms with van der Waals surface area (Å²) in [7, 11) is 4.11. The van der Waals surface area contributed by atoms with Crippen molar-refractivity contribution in [2.45, 2.75) is 18.9 Å². The van der Waals surface area contributed by atoms with E-state index in [1.54, 1.807) is 0 Å². The summed E-state index contributed by atoms with van der Waals surface area (Å²) in [6.07, 6.45) is 1.41. The number of rotatable bonds is 4. The fourth-order valence-corrected chi connectivity index (χ4v) is 1.73. The molecule has 0 aliphatic carbocycles. The maximum absolute atomic E-state index is 10.3. The predicted molar refractivity (Wildman–Crippen MR) is 50.8 cm³/mol. The summed E-state index contributed by atoms with van der Waals surface area (Å²) >= 11 is 0. The fraction of sp³-hybridized carbons (Fsp3) is 0.889. The molecule has 1 fully saturated rings. The van der Waals surface area contributed by atoms with Crippen LogP contribution in [0.2, 0.25) is 0 Å². The number of hydrogen-bond donors (Lipinski definition) is 1. The van der Waals surface area contributed by atoms with Crippen LogP contribution in [-0.4, -0.2) is 60.6 Å². The van der Waals surface area contributed by atoms with Crippen molar-refractivity contribution < 1.29 is 9.90 Å². The first-order valence-corrected chi connectivity index (χ1v) is 4.70. The van der Waals surface area contributed by atoms with Crippen LogP contribution in [0.5, 0.6) is 0 Å². The van der Waals surface area contributed by atoms with E-state index in [4.69, 9.17) is 5.11 Å². The number of hydrogen-bond acceptors (Lipinski definition) is 3. The molecule has 1 atom stereocenters. The maximum Gasteiger partial charge on any atom is 0.304 e. The van der Waals surface area contributed by atoms with Crippen LogP contribution in [0.1, 0.15) is 12.8 Å². The van der Waals surface area contributed by atoms with Crippen molar-refractivity contribution in [2.75, 3.05) is 33.7 Å². The van der Waals surface area contributed by atoms with Crippen LogP contribution in [-0.2, 0) is 4.79 Å². The standard InChI is InChI=1S/C9H18N2O2/c1-10-5-3-8(7-10)11(2)6-4-9(12)13/h8H,3-7H2,1-2H3,(H,12,13)/t8-/m0/s1. The van der Waals surface area contributed by atoms with E-state index in [0.717, 1.165) is 19.5 Å². The zero-order valence-electron chi connectivity index (χ0n) is 8.36. The lowest BCUT2D eigenvalue weighted by molar-refractivity contribution is -0.137. The number of aliphatic carboxylic acids is 1. The van der Waals surface area contributed by atoms with Gasteiger partial charge < -0.3 is 14.9 Å². The third kappa shape index (κ3) is 3.32. The second-order valence-electron chi connectivity index (χ2n) is 3.83. The van der Waals surface area contributed by atoms with Gasteiger partial charge in [0.2, 0.25) is 0 Å². The number of likely N-dealkylation sites (tertiary alicyclic amines) is 1. The molecule has 0 unspecified atom stereocenters. The smallest absolute Gasteiger partial charge is 0.304 e. The number of nitrogens with zero attached hydrogens (tertiary/aromatic N) is 2. The zero-order chi connectivity index (χ0) is 9.84. The summed E-state index contributed by atoms with van der Waals surface area (Å²) < 4.78 is 0. The van der Waals surface area contributed by atoms with Crippen LogP contribution in [0.15, 0.2) is 0 Å². The third-order valence-electron chi connectivity index (χ3n) is 2.67. The molecule has 1 aliphatic heterocycles. The van der Waals surface area contributed by atoms with Gasteiger partial charge in [-0.05, 0) is 27.1 Å². The molecule has 1 heterocycles. The molecule has 0 aromatic heterocycles. The van der Waals surface area contributed by atoms with E-state index in [9.17, 15) is 4.79 Å². The first-order valence-electron chi connectivity index (χ1n) is 4.70. The molecule has 4 nitrogen and oxygen atoms in total. The van der Waals surface area contributed by atoms with Crippen LogP contribution in [0.4, 0.5) is 0 Å². The first kappa shape index (κ1) is 10.5. The second kappa shape index (κ2) is 4.58. The monoisotopic (exact) mass is 186 g/mol. The van der Waals surface area contributed by atoms with Gasteiger partial charge in [-0.15, -0.1) is 0 Å². The fourth-order valence-electron chi connectivity index (χ4n) is 1.73.